The van der Waals surface area contributed by atoms with Gasteiger partial charge in [-0.05, 0) is 43.9 Å². The summed E-state index contributed by atoms with van der Waals surface area (Å²) in [5, 5.41) is 14.0. The monoisotopic (exact) mass is 245 g/mol. The van der Waals surface area contributed by atoms with Crippen molar-refractivity contribution < 1.29 is 9.52 Å². The Balaban J connectivity index is 1.53. The Labute approximate surface area is 107 Å². The van der Waals surface area contributed by atoms with E-state index in [0.717, 1.165) is 49.1 Å². The summed E-state index contributed by atoms with van der Waals surface area (Å²) in [5.74, 6) is 1.60. The van der Waals surface area contributed by atoms with Gasteiger partial charge < -0.3 is 14.8 Å². The number of furan rings is 1. The Morgan fingerprint density at radius 3 is 2.94 bits per heavy atom. The maximum absolute atomic E-state index is 9.46. The van der Waals surface area contributed by atoms with E-state index in [2.05, 4.69) is 17.4 Å². The molecular formula is C15H19NO2. The van der Waals surface area contributed by atoms with Gasteiger partial charge in [-0.3, -0.25) is 0 Å². The minimum absolute atomic E-state index is 0.0806. The topological polar surface area (TPSA) is 45.4 Å². The van der Waals surface area contributed by atoms with Crippen LogP contribution in [0.1, 0.15) is 25.0 Å². The molecule has 96 valence electrons. The molecule has 0 spiro atoms. The summed E-state index contributed by atoms with van der Waals surface area (Å²) in [6.45, 7) is 1.73. The van der Waals surface area contributed by atoms with Crippen molar-refractivity contribution in [2.45, 2.75) is 31.9 Å². The second-order valence-electron chi connectivity index (χ2n) is 5.21. The summed E-state index contributed by atoms with van der Waals surface area (Å²) in [6.07, 6.45) is 2.95. The zero-order valence-electron chi connectivity index (χ0n) is 10.4. The molecule has 3 rings (SSSR count). The van der Waals surface area contributed by atoms with Crippen LogP contribution in [0.4, 0.5) is 0 Å². The molecule has 2 atom stereocenters. The van der Waals surface area contributed by atoms with E-state index in [-0.39, 0.29) is 6.10 Å². The van der Waals surface area contributed by atoms with E-state index in [1.807, 2.05) is 18.2 Å². The van der Waals surface area contributed by atoms with Crippen LogP contribution in [0.25, 0.3) is 11.0 Å². The highest BCUT2D eigenvalue weighted by Crippen LogP contribution is 2.24. The summed E-state index contributed by atoms with van der Waals surface area (Å²) >= 11 is 0. The molecule has 1 heterocycles. The van der Waals surface area contributed by atoms with Gasteiger partial charge in [0.25, 0.3) is 0 Å². The van der Waals surface area contributed by atoms with Crippen LogP contribution < -0.4 is 5.32 Å². The van der Waals surface area contributed by atoms with Crippen molar-refractivity contribution in [2.24, 2.45) is 5.92 Å². The van der Waals surface area contributed by atoms with Gasteiger partial charge >= 0.3 is 0 Å². The third-order valence-electron chi connectivity index (χ3n) is 3.72. The van der Waals surface area contributed by atoms with Crippen molar-refractivity contribution in [3.8, 4) is 0 Å². The van der Waals surface area contributed by atoms with Gasteiger partial charge in [-0.1, -0.05) is 18.2 Å². The van der Waals surface area contributed by atoms with Gasteiger partial charge in [-0.2, -0.15) is 0 Å². The highest BCUT2D eigenvalue weighted by molar-refractivity contribution is 5.77. The number of nitrogens with one attached hydrogen (secondary N) is 1. The second kappa shape index (κ2) is 5.12. The largest absolute Gasteiger partial charge is 0.460 e. The van der Waals surface area contributed by atoms with E-state index in [1.54, 1.807) is 0 Å². The van der Waals surface area contributed by atoms with Gasteiger partial charge in [0.1, 0.15) is 11.3 Å². The van der Waals surface area contributed by atoms with Crippen LogP contribution in [0.15, 0.2) is 34.7 Å². The first kappa shape index (κ1) is 11.8. The molecular weight excluding hydrogens is 226 g/mol. The molecule has 1 aliphatic rings. The molecule has 1 aliphatic carbocycles. The number of aliphatic hydroxyl groups excluding tert-OH is 1. The van der Waals surface area contributed by atoms with E-state index in [9.17, 15) is 5.11 Å². The number of benzene rings is 1. The van der Waals surface area contributed by atoms with Crippen LogP contribution in [0, 0.1) is 5.92 Å². The molecule has 1 fully saturated rings. The smallest absolute Gasteiger partial charge is 0.134 e. The molecule has 0 radical (unpaired) electrons. The van der Waals surface area contributed by atoms with E-state index < -0.39 is 0 Å². The van der Waals surface area contributed by atoms with Crippen molar-refractivity contribution in [2.75, 3.05) is 6.54 Å². The van der Waals surface area contributed by atoms with Crippen molar-refractivity contribution in [3.63, 3.8) is 0 Å². The molecule has 3 nitrogen and oxygen atoms in total. The van der Waals surface area contributed by atoms with Crippen LogP contribution in [0.5, 0.6) is 0 Å². The van der Waals surface area contributed by atoms with Crippen molar-refractivity contribution in [1.82, 2.24) is 5.32 Å². The molecule has 0 saturated heterocycles. The minimum atomic E-state index is -0.0806. The maximum atomic E-state index is 9.46. The summed E-state index contributed by atoms with van der Waals surface area (Å²) in [4.78, 5) is 0. The molecule has 0 amide bonds. The normalized spacial score (nSPS) is 23.8. The number of rotatable bonds is 4. The van der Waals surface area contributed by atoms with Crippen LogP contribution in [0.2, 0.25) is 0 Å². The van der Waals surface area contributed by atoms with Crippen LogP contribution in [-0.4, -0.2) is 17.8 Å². The summed E-state index contributed by atoms with van der Waals surface area (Å²) < 4.78 is 5.74. The summed E-state index contributed by atoms with van der Waals surface area (Å²) in [5.41, 5.74) is 0.950. The Bertz CT molecular complexity index is 487. The summed E-state index contributed by atoms with van der Waals surface area (Å²) in [6, 6.07) is 10.2. The molecule has 2 unspecified atom stereocenters. The predicted molar refractivity (Wildman–Crippen MR) is 71.3 cm³/mol. The maximum Gasteiger partial charge on any atom is 0.134 e. The van der Waals surface area contributed by atoms with Crippen LogP contribution >= 0.6 is 0 Å². The summed E-state index contributed by atoms with van der Waals surface area (Å²) in [7, 11) is 0. The number of hydrogen-bond acceptors (Lipinski definition) is 3. The zero-order valence-corrected chi connectivity index (χ0v) is 10.4. The van der Waals surface area contributed by atoms with E-state index in [0.29, 0.717) is 5.92 Å². The Hall–Kier alpha value is -1.32. The fraction of sp³-hybridized carbons (Fsp3) is 0.467. The zero-order chi connectivity index (χ0) is 12.4. The number of aliphatic hydroxyl groups is 1. The SMILES string of the molecule is OC1CCC(CNCc2cc3ccccc3o2)C1. The first-order valence-corrected chi connectivity index (χ1v) is 6.67. The van der Waals surface area contributed by atoms with Crippen molar-refractivity contribution in [1.29, 1.82) is 0 Å². The predicted octanol–water partition coefficient (Wildman–Crippen LogP) is 2.68. The Morgan fingerprint density at radius 2 is 2.17 bits per heavy atom. The lowest BCUT2D eigenvalue weighted by Gasteiger charge is -2.09. The van der Waals surface area contributed by atoms with Gasteiger partial charge in [0.05, 0.1) is 12.6 Å². The molecule has 3 heteroatoms. The molecule has 1 aromatic carbocycles. The van der Waals surface area contributed by atoms with Gasteiger partial charge in [-0.15, -0.1) is 0 Å². The first-order valence-electron chi connectivity index (χ1n) is 6.67. The lowest BCUT2D eigenvalue weighted by molar-refractivity contribution is 0.177. The van der Waals surface area contributed by atoms with E-state index in [1.165, 1.54) is 0 Å². The fourth-order valence-corrected chi connectivity index (χ4v) is 2.76. The number of fused-ring (bicyclic) bond motifs is 1. The quantitative estimate of drug-likeness (QED) is 0.870. The molecule has 2 N–H and O–H groups in total. The average molecular weight is 245 g/mol. The van der Waals surface area contributed by atoms with Gasteiger partial charge in [0.15, 0.2) is 0 Å². The molecule has 0 bridgehead atoms. The van der Waals surface area contributed by atoms with Gasteiger partial charge in [0, 0.05) is 5.39 Å². The molecule has 0 aliphatic heterocycles. The highest BCUT2D eigenvalue weighted by atomic mass is 16.3. The van der Waals surface area contributed by atoms with Crippen LogP contribution in [-0.2, 0) is 6.54 Å². The van der Waals surface area contributed by atoms with E-state index >= 15 is 0 Å². The average Bonchev–Trinajstić information content (AvgIpc) is 2.95. The van der Waals surface area contributed by atoms with Crippen molar-refractivity contribution >= 4 is 11.0 Å². The highest BCUT2D eigenvalue weighted by Gasteiger charge is 2.22. The second-order valence-corrected chi connectivity index (χ2v) is 5.21. The molecule has 1 saturated carbocycles. The minimum Gasteiger partial charge on any atom is -0.460 e. The third kappa shape index (κ3) is 2.57. The molecule has 1 aromatic heterocycles. The molecule has 2 aromatic rings. The van der Waals surface area contributed by atoms with E-state index in [4.69, 9.17) is 4.42 Å². The van der Waals surface area contributed by atoms with Gasteiger partial charge in [-0.25, -0.2) is 0 Å². The van der Waals surface area contributed by atoms with Gasteiger partial charge in [0.2, 0.25) is 0 Å². The number of hydrogen-bond donors (Lipinski definition) is 2. The lowest BCUT2D eigenvalue weighted by atomic mass is 10.1. The third-order valence-corrected chi connectivity index (χ3v) is 3.72. The fourth-order valence-electron chi connectivity index (χ4n) is 2.76. The lowest BCUT2D eigenvalue weighted by Crippen LogP contribution is -2.21. The van der Waals surface area contributed by atoms with Crippen LogP contribution in [0.3, 0.4) is 0 Å². The number of para-hydroxylation sites is 1. The molecule has 18 heavy (non-hydrogen) atoms. The Kier molecular flexibility index (Phi) is 3.35. The Morgan fingerprint density at radius 1 is 1.28 bits per heavy atom. The standard InChI is InChI=1S/C15H19NO2/c17-13-6-5-11(7-13)9-16-10-14-8-12-3-1-2-4-15(12)18-14/h1-4,8,11,13,16-17H,5-7,9-10H2. The first-order chi connectivity index (χ1) is 8.81. The van der Waals surface area contributed by atoms with Crippen molar-refractivity contribution in [3.05, 3.63) is 36.1 Å².